The SMILES string of the molecule is O=C(CCc1ccco1)Nc1cc([N+](=O)[O-])ccc1F. The molecule has 1 amide bonds. The molecular formula is C13H11FN2O4. The van der Waals surface area contributed by atoms with Crippen molar-refractivity contribution in [2.24, 2.45) is 0 Å². The minimum absolute atomic E-state index is 0.0929. The number of benzene rings is 1. The number of carbonyl (C=O) groups excluding carboxylic acids is 1. The zero-order valence-electron chi connectivity index (χ0n) is 10.3. The van der Waals surface area contributed by atoms with Gasteiger partial charge in [-0.05, 0) is 18.2 Å². The third-order valence-corrected chi connectivity index (χ3v) is 2.61. The Labute approximate surface area is 113 Å². The van der Waals surface area contributed by atoms with E-state index in [4.69, 9.17) is 4.42 Å². The summed E-state index contributed by atoms with van der Waals surface area (Å²) in [6, 6.07) is 6.39. The Morgan fingerprint density at radius 3 is 2.85 bits per heavy atom. The van der Waals surface area contributed by atoms with E-state index in [-0.39, 0.29) is 17.8 Å². The van der Waals surface area contributed by atoms with Crippen molar-refractivity contribution < 1.29 is 18.5 Å². The fraction of sp³-hybridized carbons (Fsp3) is 0.154. The van der Waals surface area contributed by atoms with Crippen LogP contribution >= 0.6 is 0 Å². The predicted octanol–water partition coefficient (Wildman–Crippen LogP) is 2.90. The highest BCUT2D eigenvalue weighted by molar-refractivity contribution is 5.91. The summed E-state index contributed by atoms with van der Waals surface area (Å²) >= 11 is 0. The van der Waals surface area contributed by atoms with Crippen LogP contribution in [0.25, 0.3) is 0 Å². The van der Waals surface area contributed by atoms with Gasteiger partial charge in [0, 0.05) is 25.0 Å². The van der Waals surface area contributed by atoms with Crippen molar-refractivity contribution in [1.82, 2.24) is 0 Å². The predicted molar refractivity (Wildman–Crippen MR) is 68.7 cm³/mol. The summed E-state index contributed by atoms with van der Waals surface area (Å²) in [5.74, 6) is -0.526. The van der Waals surface area contributed by atoms with Crippen molar-refractivity contribution in [3.63, 3.8) is 0 Å². The van der Waals surface area contributed by atoms with Crippen molar-refractivity contribution in [1.29, 1.82) is 0 Å². The maximum atomic E-state index is 13.5. The van der Waals surface area contributed by atoms with E-state index < -0.39 is 16.6 Å². The first-order chi connectivity index (χ1) is 9.56. The molecule has 0 atom stereocenters. The molecule has 1 N–H and O–H groups in total. The lowest BCUT2D eigenvalue weighted by molar-refractivity contribution is -0.384. The summed E-state index contributed by atoms with van der Waals surface area (Å²) in [5, 5.41) is 12.9. The summed E-state index contributed by atoms with van der Waals surface area (Å²) in [4.78, 5) is 21.6. The van der Waals surface area contributed by atoms with Gasteiger partial charge < -0.3 is 9.73 Å². The van der Waals surface area contributed by atoms with Crippen molar-refractivity contribution >= 4 is 17.3 Å². The molecule has 7 heteroatoms. The minimum atomic E-state index is -0.720. The summed E-state index contributed by atoms with van der Waals surface area (Å²) in [6.45, 7) is 0. The highest BCUT2D eigenvalue weighted by atomic mass is 19.1. The fourth-order valence-corrected chi connectivity index (χ4v) is 1.63. The molecule has 0 bridgehead atoms. The smallest absolute Gasteiger partial charge is 0.271 e. The molecule has 6 nitrogen and oxygen atoms in total. The molecule has 0 radical (unpaired) electrons. The Bertz CT molecular complexity index is 625. The van der Waals surface area contributed by atoms with Gasteiger partial charge in [-0.25, -0.2) is 4.39 Å². The van der Waals surface area contributed by atoms with Crippen LogP contribution in [0.15, 0.2) is 41.0 Å². The molecule has 1 heterocycles. The zero-order chi connectivity index (χ0) is 14.5. The number of halogens is 1. The molecular weight excluding hydrogens is 267 g/mol. The van der Waals surface area contributed by atoms with Gasteiger partial charge in [-0.15, -0.1) is 0 Å². The number of hydrogen-bond acceptors (Lipinski definition) is 4. The monoisotopic (exact) mass is 278 g/mol. The van der Waals surface area contributed by atoms with Gasteiger partial charge in [0.1, 0.15) is 11.6 Å². The number of furan rings is 1. The average Bonchev–Trinajstić information content (AvgIpc) is 2.92. The van der Waals surface area contributed by atoms with E-state index in [1.165, 1.54) is 6.26 Å². The van der Waals surface area contributed by atoms with Crippen molar-refractivity contribution in [3.8, 4) is 0 Å². The number of non-ortho nitro benzene ring substituents is 1. The Hall–Kier alpha value is -2.70. The highest BCUT2D eigenvalue weighted by Crippen LogP contribution is 2.21. The molecule has 0 saturated carbocycles. The molecule has 1 aromatic heterocycles. The number of carbonyl (C=O) groups is 1. The molecule has 1 aromatic carbocycles. The lowest BCUT2D eigenvalue weighted by Gasteiger charge is -2.05. The van der Waals surface area contributed by atoms with Gasteiger partial charge in [-0.1, -0.05) is 0 Å². The van der Waals surface area contributed by atoms with E-state index in [0.29, 0.717) is 12.2 Å². The normalized spacial score (nSPS) is 10.2. The van der Waals surface area contributed by atoms with Crippen molar-refractivity contribution in [2.45, 2.75) is 12.8 Å². The van der Waals surface area contributed by atoms with Crippen LogP contribution in [0.2, 0.25) is 0 Å². The number of nitrogens with zero attached hydrogens (tertiary/aromatic N) is 1. The van der Waals surface area contributed by atoms with Crippen LogP contribution in [0.3, 0.4) is 0 Å². The van der Waals surface area contributed by atoms with Crippen LogP contribution in [0.5, 0.6) is 0 Å². The summed E-state index contributed by atoms with van der Waals surface area (Å²) in [5.41, 5.74) is -0.489. The summed E-state index contributed by atoms with van der Waals surface area (Å²) in [6.07, 6.45) is 1.96. The maximum absolute atomic E-state index is 13.5. The van der Waals surface area contributed by atoms with Crippen LogP contribution in [0.4, 0.5) is 15.8 Å². The maximum Gasteiger partial charge on any atom is 0.271 e. The lowest BCUT2D eigenvalue weighted by Crippen LogP contribution is -2.13. The molecule has 2 rings (SSSR count). The number of hydrogen-bond donors (Lipinski definition) is 1. The molecule has 0 aliphatic heterocycles. The summed E-state index contributed by atoms with van der Waals surface area (Å²) in [7, 11) is 0. The van der Waals surface area contributed by atoms with Crippen LogP contribution in [-0.2, 0) is 11.2 Å². The molecule has 104 valence electrons. The number of aryl methyl sites for hydroxylation is 1. The molecule has 0 fully saturated rings. The highest BCUT2D eigenvalue weighted by Gasteiger charge is 2.13. The first-order valence-corrected chi connectivity index (χ1v) is 5.82. The van der Waals surface area contributed by atoms with Gasteiger partial charge >= 0.3 is 0 Å². The number of rotatable bonds is 5. The van der Waals surface area contributed by atoms with E-state index in [9.17, 15) is 19.3 Å². The number of nitro benzene ring substituents is 1. The van der Waals surface area contributed by atoms with Gasteiger partial charge in [0.2, 0.25) is 5.91 Å². The second-order valence-corrected chi connectivity index (χ2v) is 4.05. The molecule has 0 aliphatic rings. The first kappa shape index (κ1) is 13.7. The molecule has 0 spiro atoms. The van der Waals surface area contributed by atoms with Crippen LogP contribution in [-0.4, -0.2) is 10.8 Å². The van der Waals surface area contributed by atoms with Gasteiger partial charge in [0.25, 0.3) is 5.69 Å². The average molecular weight is 278 g/mol. The number of anilines is 1. The van der Waals surface area contributed by atoms with E-state index >= 15 is 0 Å². The Morgan fingerprint density at radius 2 is 2.20 bits per heavy atom. The molecule has 0 saturated heterocycles. The van der Waals surface area contributed by atoms with Gasteiger partial charge in [0.15, 0.2) is 0 Å². The number of amides is 1. The molecule has 2 aromatic rings. The van der Waals surface area contributed by atoms with E-state index in [1.807, 2.05) is 0 Å². The largest absolute Gasteiger partial charge is 0.469 e. The quantitative estimate of drug-likeness (QED) is 0.673. The topological polar surface area (TPSA) is 85.4 Å². The minimum Gasteiger partial charge on any atom is -0.469 e. The van der Waals surface area contributed by atoms with Gasteiger partial charge in [0.05, 0.1) is 16.9 Å². The molecule has 0 unspecified atom stereocenters. The van der Waals surface area contributed by atoms with E-state index in [0.717, 1.165) is 18.2 Å². The third kappa shape index (κ3) is 3.41. The second kappa shape index (κ2) is 5.96. The first-order valence-electron chi connectivity index (χ1n) is 5.82. The van der Waals surface area contributed by atoms with Gasteiger partial charge in [-0.2, -0.15) is 0 Å². The second-order valence-electron chi connectivity index (χ2n) is 4.05. The van der Waals surface area contributed by atoms with Crippen LogP contribution in [0.1, 0.15) is 12.2 Å². The lowest BCUT2D eigenvalue weighted by atomic mass is 10.2. The van der Waals surface area contributed by atoms with E-state index in [1.54, 1.807) is 12.1 Å². The zero-order valence-corrected chi connectivity index (χ0v) is 10.3. The fourth-order valence-electron chi connectivity index (χ4n) is 1.63. The Morgan fingerprint density at radius 1 is 1.40 bits per heavy atom. The third-order valence-electron chi connectivity index (χ3n) is 2.61. The van der Waals surface area contributed by atoms with Crippen molar-refractivity contribution in [3.05, 3.63) is 58.3 Å². The Kier molecular flexibility index (Phi) is 4.09. The van der Waals surface area contributed by atoms with Crippen molar-refractivity contribution in [2.75, 3.05) is 5.32 Å². The van der Waals surface area contributed by atoms with E-state index in [2.05, 4.69) is 5.32 Å². The van der Waals surface area contributed by atoms with Crippen LogP contribution in [0, 0.1) is 15.9 Å². The standard InChI is InChI=1S/C13H11FN2O4/c14-11-5-3-9(16(18)19)8-12(11)15-13(17)6-4-10-2-1-7-20-10/h1-3,5,7-8H,4,6H2,(H,15,17). The number of nitro groups is 1. The van der Waals surface area contributed by atoms with Crippen LogP contribution < -0.4 is 5.32 Å². The Balaban J connectivity index is 2.00. The molecule has 0 aliphatic carbocycles. The summed E-state index contributed by atoms with van der Waals surface area (Å²) < 4.78 is 18.5. The molecule has 20 heavy (non-hydrogen) atoms. The van der Waals surface area contributed by atoms with Gasteiger partial charge in [-0.3, -0.25) is 14.9 Å². The number of nitrogens with one attached hydrogen (secondary N) is 1.